The predicted octanol–water partition coefficient (Wildman–Crippen LogP) is 2.31. The molecule has 0 aromatic carbocycles. The smallest absolute Gasteiger partial charge is 0.331 e. The van der Waals surface area contributed by atoms with Crippen molar-refractivity contribution in [3.8, 4) is 0 Å². The Labute approximate surface area is 79.9 Å². The van der Waals surface area contributed by atoms with Gasteiger partial charge in [0.25, 0.3) is 0 Å². The van der Waals surface area contributed by atoms with Crippen molar-refractivity contribution in [2.24, 2.45) is 5.92 Å². The number of carbonyl (C=O) groups is 1. The van der Waals surface area contributed by atoms with Gasteiger partial charge in [0, 0.05) is 0 Å². The second-order valence-corrected chi connectivity index (χ2v) is 4.71. The molecule has 1 aliphatic rings. The van der Waals surface area contributed by atoms with Crippen molar-refractivity contribution >= 4 is 41.0 Å². The average Bonchev–Trinajstić information content (AvgIpc) is 2.24. The van der Waals surface area contributed by atoms with Crippen LogP contribution in [0.5, 0.6) is 0 Å². The van der Waals surface area contributed by atoms with Crippen LogP contribution in [0.25, 0.3) is 0 Å². The van der Waals surface area contributed by atoms with Gasteiger partial charge in [-0.25, -0.2) is 0 Å². The van der Waals surface area contributed by atoms with Crippen molar-refractivity contribution in [1.29, 1.82) is 0 Å². The third-order valence-corrected chi connectivity index (χ3v) is 3.74. The highest BCUT2D eigenvalue weighted by Gasteiger charge is 2.74. The number of rotatable bonds is 1. The third-order valence-electron chi connectivity index (χ3n) is 2.27. The van der Waals surface area contributed by atoms with E-state index >= 15 is 0 Å². The van der Waals surface area contributed by atoms with E-state index < -0.39 is 21.6 Å². The SMILES string of the molecule is CC1(Cl)C(C(=O)OCl)C1(C)Cl. The normalized spacial score (nSPS) is 48.6. The molecule has 5 heteroatoms. The van der Waals surface area contributed by atoms with Crippen LogP contribution >= 0.6 is 35.1 Å². The molecule has 0 aromatic heterocycles. The fourth-order valence-electron chi connectivity index (χ4n) is 1.20. The molecule has 0 spiro atoms. The van der Waals surface area contributed by atoms with Crippen molar-refractivity contribution in [3.63, 3.8) is 0 Å². The fourth-order valence-corrected chi connectivity index (χ4v) is 2.07. The summed E-state index contributed by atoms with van der Waals surface area (Å²) in [6.07, 6.45) is 0. The van der Waals surface area contributed by atoms with Gasteiger partial charge in [-0.1, -0.05) is 0 Å². The summed E-state index contributed by atoms with van der Waals surface area (Å²) < 4.78 is 4.01. The molecule has 0 aromatic rings. The Morgan fingerprint density at radius 1 is 1.36 bits per heavy atom. The summed E-state index contributed by atoms with van der Waals surface area (Å²) in [7, 11) is 0. The van der Waals surface area contributed by atoms with Gasteiger partial charge in [-0.05, 0) is 13.8 Å². The van der Waals surface area contributed by atoms with E-state index in [0.29, 0.717) is 0 Å². The highest BCUT2D eigenvalue weighted by Crippen LogP contribution is 2.63. The Balaban J connectivity index is 2.75. The van der Waals surface area contributed by atoms with Gasteiger partial charge in [0.05, 0.1) is 15.7 Å². The Kier molecular flexibility index (Phi) is 2.07. The lowest BCUT2D eigenvalue weighted by Crippen LogP contribution is -2.07. The van der Waals surface area contributed by atoms with Crippen LogP contribution in [0, 0.1) is 5.92 Å². The van der Waals surface area contributed by atoms with Gasteiger partial charge < -0.3 is 4.29 Å². The van der Waals surface area contributed by atoms with E-state index in [-0.39, 0.29) is 0 Å². The molecule has 1 aliphatic carbocycles. The second-order valence-electron chi connectivity index (χ2n) is 2.98. The molecule has 2 nitrogen and oxygen atoms in total. The summed E-state index contributed by atoms with van der Waals surface area (Å²) in [6, 6.07) is 0. The molecule has 0 aliphatic heterocycles. The van der Waals surface area contributed by atoms with E-state index in [0.717, 1.165) is 0 Å². The number of hydrogen-bond acceptors (Lipinski definition) is 2. The first-order valence-electron chi connectivity index (χ1n) is 3.06. The van der Waals surface area contributed by atoms with E-state index in [1.165, 1.54) is 0 Å². The zero-order valence-electron chi connectivity index (χ0n) is 6.03. The molecule has 0 heterocycles. The standard InChI is InChI=1S/C6H7Cl3O2/c1-5(7)3(4(10)11-9)6(5,2)8/h3H,1-2H3. The summed E-state index contributed by atoms with van der Waals surface area (Å²) in [5.74, 6) is -1.09. The van der Waals surface area contributed by atoms with Gasteiger partial charge in [-0.2, -0.15) is 0 Å². The minimum Gasteiger partial charge on any atom is -0.347 e. The lowest BCUT2D eigenvalue weighted by molar-refractivity contribution is -0.135. The highest BCUT2D eigenvalue weighted by molar-refractivity contribution is 6.42. The van der Waals surface area contributed by atoms with Crippen LogP contribution in [0.2, 0.25) is 0 Å². The maximum Gasteiger partial charge on any atom is 0.331 e. The molecule has 2 atom stereocenters. The molecule has 0 N–H and O–H groups in total. The van der Waals surface area contributed by atoms with E-state index in [2.05, 4.69) is 4.29 Å². The summed E-state index contributed by atoms with van der Waals surface area (Å²) in [6.45, 7) is 3.36. The van der Waals surface area contributed by atoms with Crippen LogP contribution < -0.4 is 0 Å². The average molecular weight is 217 g/mol. The van der Waals surface area contributed by atoms with Crippen molar-refractivity contribution in [2.45, 2.75) is 23.6 Å². The molecule has 1 fully saturated rings. The molecular weight excluding hydrogens is 210 g/mol. The van der Waals surface area contributed by atoms with Crippen LogP contribution in [0.15, 0.2) is 0 Å². The quantitative estimate of drug-likeness (QED) is 0.630. The Morgan fingerprint density at radius 2 is 1.73 bits per heavy atom. The summed E-state index contributed by atoms with van der Waals surface area (Å²) >= 11 is 16.6. The number of alkyl halides is 2. The fraction of sp³-hybridized carbons (Fsp3) is 0.833. The Morgan fingerprint density at radius 3 is 1.82 bits per heavy atom. The Bertz CT molecular complexity index is 186. The molecule has 11 heavy (non-hydrogen) atoms. The van der Waals surface area contributed by atoms with Crippen LogP contribution in [-0.4, -0.2) is 15.7 Å². The summed E-state index contributed by atoms with van der Waals surface area (Å²) in [4.78, 5) is 9.41. The minimum absolute atomic E-state index is 0.518. The van der Waals surface area contributed by atoms with Crippen LogP contribution in [0.1, 0.15) is 13.8 Å². The van der Waals surface area contributed by atoms with Gasteiger partial charge in [0.15, 0.2) is 0 Å². The first kappa shape index (κ1) is 9.43. The van der Waals surface area contributed by atoms with E-state index in [9.17, 15) is 4.79 Å². The Hall–Kier alpha value is 0.340. The van der Waals surface area contributed by atoms with Gasteiger partial charge >= 0.3 is 5.97 Å². The molecular formula is C6H7Cl3O2. The highest BCUT2D eigenvalue weighted by atomic mass is 35.5. The molecule has 0 saturated heterocycles. The molecule has 2 unspecified atom stereocenters. The molecule has 64 valence electrons. The summed E-state index contributed by atoms with van der Waals surface area (Å²) in [5.41, 5.74) is 0. The molecule has 0 radical (unpaired) electrons. The number of halogens is 3. The van der Waals surface area contributed by atoms with Crippen LogP contribution in [0.4, 0.5) is 0 Å². The zero-order chi connectivity index (χ0) is 8.86. The van der Waals surface area contributed by atoms with Gasteiger partial charge in [-0.3, -0.25) is 4.79 Å². The summed E-state index contributed by atoms with van der Waals surface area (Å²) in [5, 5.41) is 0. The first-order chi connectivity index (χ1) is 4.85. The van der Waals surface area contributed by atoms with Gasteiger partial charge in [0.1, 0.15) is 11.9 Å². The van der Waals surface area contributed by atoms with Gasteiger partial charge in [0.2, 0.25) is 0 Å². The lowest BCUT2D eigenvalue weighted by atomic mass is 10.3. The topological polar surface area (TPSA) is 26.3 Å². The second kappa shape index (κ2) is 2.41. The van der Waals surface area contributed by atoms with Crippen molar-refractivity contribution in [2.75, 3.05) is 0 Å². The number of hydrogen-bond donors (Lipinski definition) is 0. The van der Waals surface area contributed by atoms with Crippen LogP contribution in [-0.2, 0) is 9.08 Å². The maximum absolute atomic E-state index is 10.9. The first-order valence-corrected chi connectivity index (χ1v) is 4.12. The van der Waals surface area contributed by atoms with E-state index in [4.69, 9.17) is 35.1 Å². The predicted molar refractivity (Wildman–Crippen MR) is 44.0 cm³/mol. The van der Waals surface area contributed by atoms with E-state index in [1.54, 1.807) is 13.8 Å². The zero-order valence-corrected chi connectivity index (χ0v) is 8.30. The molecule has 1 saturated carbocycles. The molecule has 1 rings (SSSR count). The van der Waals surface area contributed by atoms with Crippen molar-refractivity contribution < 1.29 is 9.08 Å². The minimum atomic E-state index is -0.736. The number of carbonyl (C=O) groups excluding carboxylic acids is 1. The van der Waals surface area contributed by atoms with Crippen molar-refractivity contribution in [3.05, 3.63) is 0 Å². The molecule has 0 amide bonds. The third kappa shape index (κ3) is 1.12. The monoisotopic (exact) mass is 216 g/mol. The largest absolute Gasteiger partial charge is 0.347 e. The van der Waals surface area contributed by atoms with E-state index in [1.807, 2.05) is 0 Å². The van der Waals surface area contributed by atoms with Crippen molar-refractivity contribution in [1.82, 2.24) is 0 Å². The van der Waals surface area contributed by atoms with Gasteiger partial charge in [-0.15, -0.1) is 23.2 Å². The molecule has 0 bridgehead atoms. The lowest BCUT2D eigenvalue weighted by Gasteiger charge is -1.98. The maximum atomic E-state index is 10.9. The van der Waals surface area contributed by atoms with Crippen LogP contribution in [0.3, 0.4) is 0 Å².